The second kappa shape index (κ2) is 4.02. The summed E-state index contributed by atoms with van der Waals surface area (Å²) in [6.07, 6.45) is -3.77. The van der Waals surface area contributed by atoms with E-state index in [1.54, 1.807) is 0 Å². The fourth-order valence-electron chi connectivity index (χ4n) is 1.14. The Labute approximate surface area is 91.9 Å². The third-order valence-electron chi connectivity index (χ3n) is 2.06. The minimum Gasteiger partial charge on any atom is -0.220 e. The summed E-state index contributed by atoms with van der Waals surface area (Å²) in [6, 6.07) is 0. The van der Waals surface area contributed by atoms with Crippen LogP contribution in [0, 0.1) is 0 Å². The van der Waals surface area contributed by atoms with Gasteiger partial charge in [-0.05, 0) is 0 Å². The zero-order chi connectivity index (χ0) is 14.5. The monoisotopic (exact) mass is 286 g/mol. The van der Waals surface area contributed by atoms with Crippen molar-refractivity contribution in [2.24, 2.45) is 0 Å². The number of hydrogen-bond donors (Lipinski definition) is 0. The topological polar surface area (TPSA) is 0 Å². The highest BCUT2D eigenvalue weighted by molar-refractivity contribution is 5.46. The van der Waals surface area contributed by atoms with Crippen molar-refractivity contribution in [3.05, 3.63) is 35.2 Å². The van der Waals surface area contributed by atoms with E-state index >= 15 is 0 Å². The first-order valence-corrected chi connectivity index (χ1v) is 3.89. The molecule has 10 heteroatoms. The Morgan fingerprint density at radius 3 is 1.50 bits per heavy atom. The van der Waals surface area contributed by atoms with Gasteiger partial charge in [-0.15, -0.1) is 0 Å². The minimum atomic E-state index is -6.00. The lowest BCUT2D eigenvalue weighted by Crippen LogP contribution is -2.49. The fraction of sp³-hybridized carbons (Fsp3) is 0.250. The van der Waals surface area contributed by atoms with Crippen molar-refractivity contribution in [1.82, 2.24) is 0 Å². The summed E-state index contributed by atoms with van der Waals surface area (Å²) in [5, 5.41) is 0. The summed E-state index contributed by atoms with van der Waals surface area (Å²) in [6.45, 7) is 0. The lowest BCUT2D eigenvalue weighted by atomic mass is 9.88. The number of allylic oxidation sites excluding steroid dienone is 5. The Morgan fingerprint density at radius 1 is 0.722 bits per heavy atom. The second-order valence-electron chi connectivity index (χ2n) is 3.06. The van der Waals surface area contributed by atoms with E-state index < -0.39 is 46.8 Å². The average molecular weight is 286 g/mol. The lowest BCUT2D eigenvalue weighted by Gasteiger charge is -2.32. The third-order valence-corrected chi connectivity index (χ3v) is 2.06. The van der Waals surface area contributed by atoms with Crippen LogP contribution in [0.5, 0.6) is 0 Å². The Kier molecular flexibility index (Phi) is 3.26. The summed E-state index contributed by atoms with van der Waals surface area (Å²) < 4.78 is 125. The molecule has 0 aliphatic heterocycles. The van der Waals surface area contributed by atoms with E-state index in [0.29, 0.717) is 0 Å². The number of alkyl halides is 3. The van der Waals surface area contributed by atoms with Crippen LogP contribution in [0.3, 0.4) is 0 Å². The fourth-order valence-corrected chi connectivity index (χ4v) is 1.14. The zero-order valence-corrected chi connectivity index (χ0v) is 7.78. The Hall–Kier alpha value is -1.48. The third kappa shape index (κ3) is 1.54. The van der Waals surface area contributed by atoms with E-state index in [1.165, 1.54) is 0 Å². The van der Waals surface area contributed by atoms with Crippen LogP contribution in [0.15, 0.2) is 35.2 Å². The summed E-state index contributed by atoms with van der Waals surface area (Å²) in [5.41, 5.74) is -5.77. The van der Waals surface area contributed by atoms with Crippen LogP contribution in [-0.4, -0.2) is 11.6 Å². The van der Waals surface area contributed by atoms with Crippen LogP contribution < -0.4 is 0 Å². The molecule has 0 nitrogen and oxygen atoms in total. The smallest absolute Gasteiger partial charge is 0.220 e. The Morgan fingerprint density at radius 2 is 1.11 bits per heavy atom. The van der Waals surface area contributed by atoms with E-state index in [4.69, 9.17) is 0 Å². The maximum absolute atomic E-state index is 13.3. The van der Waals surface area contributed by atoms with E-state index in [1.807, 2.05) is 0 Å². The molecular formula is C8F10. The molecule has 102 valence electrons. The highest BCUT2D eigenvalue weighted by Crippen LogP contribution is 2.56. The lowest BCUT2D eigenvalue weighted by molar-refractivity contribution is -0.111. The van der Waals surface area contributed by atoms with Crippen molar-refractivity contribution >= 4 is 0 Å². The molecule has 0 aromatic rings. The van der Waals surface area contributed by atoms with Gasteiger partial charge in [0.05, 0.1) is 0 Å². The standard InChI is InChI=1S/C8F10/c9-1-2(10)4(12)8(17,18)7(16,3(1)11)5(13)6(14)15. The van der Waals surface area contributed by atoms with Crippen molar-refractivity contribution in [2.45, 2.75) is 11.6 Å². The van der Waals surface area contributed by atoms with Gasteiger partial charge in [-0.1, -0.05) is 0 Å². The molecule has 0 fully saturated rings. The van der Waals surface area contributed by atoms with Gasteiger partial charge in [0, 0.05) is 0 Å². The molecule has 0 bridgehead atoms. The molecule has 0 aromatic carbocycles. The molecule has 0 radical (unpaired) electrons. The van der Waals surface area contributed by atoms with Crippen molar-refractivity contribution in [3.8, 4) is 0 Å². The predicted octanol–water partition coefficient (Wildman–Crippen LogP) is 4.72. The molecule has 18 heavy (non-hydrogen) atoms. The molecule has 0 saturated carbocycles. The first-order chi connectivity index (χ1) is 7.99. The highest BCUT2D eigenvalue weighted by Gasteiger charge is 2.70. The Balaban J connectivity index is 3.71. The van der Waals surface area contributed by atoms with E-state index in [-0.39, 0.29) is 0 Å². The molecular weight excluding hydrogens is 286 g/mol. The highest BCUT2D eigenvalue weighted by atomic mass is 19.3. The SMILES string of the molecule is FC(F)=C(F)C1(F)C(F)=C(F)C(F)=C(F)C1(F)F. The molecule has 1 aliphatic carbocycles. The maximum Gasteiger partial charge on any atom is 0.348 e. The molecule has 0 spiro atoms. The van der Waals surface area contributed by atoms with Crippen molar-refractivity contribution in [1.29, 1.82) is 0 Å². The molecule has 1 aliphatic rings. The average Bonchev–Trinajstić information content (AvgIpc) is 2.31. The van der Waals surface area contributed by atoms with Gasteiger partial charge < -0.3 is 0 Å². The first kappa shape index (κ1) is 14.6. The number of halogens is 10. The van der Waals surface area contributed by atoms with Gasteiger partial charge in [-0.2, -0.15) is 17.6 Å². The van der Waals surface area contributed by atoms with Gasteiger partial charge in [0.25, 0.3) is 5.67 Å². The molecule has 1 unspecified atom stereocenters. The van der Waals surface area contributed by atoms with Gasteiger partial charge in [-0.25, -0.2) is 26.3 Å². The predicted molar refractivity (Wildman–Crippen MR) is 37.6 cm³/mol. The zero-order valence-electron chi connectivity index (χ0n) is 7.78. The summed E-state index contributed by atoms with van der Waals surface area (Å²) in [5.74, 6) is -23.1. The summed E-state index contributed by atoms with van der Waals surface area (Å²) in [4.78, 5) is 0. The van der Waals surface area contributed by atoms with E-state index in [9.17, 15) is 43.9 Å². The van der Waals surface area contributed by atoms with E-state index in [2.05, 4.69) is 0 Å². The number of rotatable bonds is 1. The van der Waals surface area contributed by atoms with Crippen molar-refractivity contribution in [3.63, 3.8) is 0 Å². The molecule has 0 aromatic heterocycles. The Bertz CT molecular complexity index is 480. The van der Waals surface area contributed by atoms with Crippen LogP contribution in [0.2, 0.25) is 0 Å². The van der Waals surface area contributed by atoms with Crippen molar-refractivity contribution < 1.29 is 43.9 Å². The van der Waals surface area contributed by atoms with Crippen LogP contribution in [0.25, 0.3) is 0 Å². The molecule has 1 rings (SSSR count). The second-order valence-corrected chi connectivity index (χ2v) is 3.06. The minimum absolute atomic E-state index is 3.13. The van der Waals surface area contributed by atoms with Gasteiger partial charge in [0.2, 0.25) is 11.7 Å². The normalized spacial score (nSPS) is 27.7. The van der Waals surface area contributed by atoms with Gasteiger partial charge in [-0.3, -0.25) is 0 Å². The number of hydrogen-bond acceptors (Lipinski definition) is 0. The molecule has 0 heterocycles. The maximum atomic E-state index is 13.3. The van der Waals surface area contributed by atoms with Crippen molar-refractivity contribution in [2.75, 3.05) is 0 Å². The first-order valence-electron chi connectivity index (χ1n) is 3.89. The van der Waals surface area contributed by atoms with E-state index in [0.717, 1.165) is 0 Å². The molecule has 0 saturated heterocycles. The quantitative estimate of drug-likeness (QED) is 0.612. The molecule has 0 N–H and O–H groups in total. The van der Waals surface area contributed by atoms with Crippen LogP contribution in [-0.2, 0) is 0 Å². The molecule has 1 atom stereocenters. The molecule has 0 amide bonds. The largest absolute Gasteiger partial charge is 0.348 e. The summed E-state index contributed by atoms with van der Waals surface area (Å²) >= 11 is 0. The van der Waals surface area contributed by atoms with Gasteiger partial charge >= 0.3 is 12.0 Å². The van der Waals surface area contributed by atoms with Gasteiger partial charge in [0.1, 0.15) is 0 Å². The summed E-state index contributed by atoms with van der Waals surface area (Å²) in [7, 11) is 0. The van der Waals surface area contributed by atoms with Crippen LogP contribution >= 0.6 is 0 Å². The van der Waals surface area contributed by atoms with Crippen LogP contribution in [0.4, 0.5) is 43.9 Å². The van der Waals surface area contributed by atoms with Gasteiger partial charge in [0.15, 0.2) is 17.5 Å². The van der Waals surface area contributed by atoms with Crippen LogP contribution in [0.1, 0.15) is 0 Å².